The van der Waals surface area contributed by atoms with Gasteiger partial charge in [-0.25, -0.2) is 4.98 Å². The summed E-state index contributed by atoms with van der Waals surface area (Å²) in [6, 6.07) is 14.8. The first-order chi connectivity index (χ1) is 12.2. The van der Waals surface area contributed by atoms with E-state index in [-0.39, 0.29) is 0 Å². The van der Waals surface area contributed by atoms with Crippen molar-refractivity contribution in [3.05, 3.63) is 64.9 Å². The lowest BCUT2D eigenvalue weighted by Crippen LogP contribution is -2.30. The number of methoxy groups -OCH3 is 1. The molecule has 3 aromatic rings. The van der Waals surface area contributed by atoms with E-state index in [4.69, 9.17) is 14.1 Å². The lowest BCUT2D eigenvalue weighted by Gasteiger charge is -2.28. The molecule has 0 aliphatic heterocycles. The molecule has 0 amide bonds. The Morgan fingerprint density at radius 2 is 2.00 bits per heavy atom. The molecular weight excluding hydrogens is 332 g/mol. The van der Waals surface area contributed by atoms with E-state index in [1.165, 1.54) is 5.56 Å². The Labute approximate surface area is 153 Å². The third-order valence-corrected chi connectivity index (χ3v) is 5.19. The molecule has 0 bridgehead atoms. The van der Waals surface area contributed by atoms with E-state index in [0.717, 1.165) is 35.3 Å². The van der Waals surface area contributed by atoms with Crippen molar-refractivity contribution in [1.82, 2.24) is 9.88 Å². The molecule has 132 valence electrons. The van der Waals surface area contributed by atoms with Gasteiger partial charge in [0.2, 0.25) is 0 Å². The molecule has 1 unspecified atom stereocenters. The molecule has 2 aromatic heterocycles. The van der Waals surface area contributed by atoms with Crippen LogP contribution in [0.15, 0.2) is 52.3 Å². The van der Waals surface area contributed by atoms with Gasteiger partial charge in [-0.15, -0.1) is 11.3 Å². The second-order valence-electron chi connectivity index (χ2n) is 6.10. The summed E-state index contributed by atoms with van der Waals surface area (Å²) in [5, 5.41) is 3.05. The fraction of sp³-hybridized carbons (Fsp3) is 0.350. The Bertz CT molecular complexity index is 782. The molecule has 5 heteroatoms. The number of thiazole rings is 1. The first-order valence-corrected chi connectivity index (χ1v) is 9.34. The van der Waals surface area contributed by atoms with Crippen molar-refractivity contribution in [1.29, 1.82) is 0 Å². The molecule has 3 rings (SSSR count). The Morgan fingerprint density at radius 3 is 2.68 bits per heavy atom. The van der Waals surface area contributed by atoms with E-state index in [1.54, 1.807) is 18.4 Å². The molecule has 0 N–H and O–H groups in total. The van der Waals surface area contributed by atoms with Crippen molar-refractivity contribution in [2.45, 2.75) is 26.4 Å². The number of ether oxygens (including phenoxy) is 1. The summed E-state index contributed by atoms with van der Waals surface area (Å²) in [6.45, 7) is 6.53. The maximum atomic E-state index is 5.68. The maximum absolute atomic E-state index is 5.68. The Hall–Kier alpha value is -1.95. The van der Waals surface area contributed by atoms with Gasteiger partial charge in [-0.3, -0.25) is 4.90 Å². The third kappa shape index (κ3) is 4.57. The summed E-state index contributed by atoms with van der Waals surface area (Å²) in [5.41, 5.74) is 2.36. The predicted molar refractivity (Wildman–Crippen MR) is 102 cm³/mol. The summed E-state index contributed by atoms with van der Waals surface area (Å²) >= 11 is 1.63. The van der Waals surface area contributed by atoms with Crippen LogP contribution in [0.3, 0.4) is 0 Å². The van der Waals surface area contributed by atoms with Gasteiger partial charge in [-0.05, 0) is 31.5 Å². The zero-order valence-electron chi connectivity index (χ0n) is 14.9. The van der Waals surface area contributed by atoms with Crippen LogP contribution < -0.4 is 0 Å². The number of hydrogen-bond acceptors (Lipinski definition) is 5. The minimum Gasteiger partial charge on any atom is -0.459 e. The van der Waals surface area contributed by atoms with Crippen LogP contribution in [-0.4, -0.2) is 30.1 Å². The number of nitrogens with zero attached hydrogens (tertiary/aromatic N) is 2. The highest BCUT2D eigenvalue weighted by molar-refractivity contribution is 7.13. The minimum atomic E-state index is 0.298. The highest BCUT2D eigenvalue weighted by atomic mass is 32.1. The molecule has 0 aliphatic carbocycles. The largest absolute Gasteiger partial charge is 0.459 e. The number of aromatic nitrogens is 1. The third-order valence-electron chi connectivity index (χ3n) is 4.28. The van der Waals surface area contributed by atoms with E-state index < -0.39 is 0 Å². The Morgan fingerprint density at radius 1 is 1.20 bits per heavy atom. The Kier molecular flexibility index (Phi) is 6.02. The quantitative estimate of drug-likeness (QED) is 0.574. The molecule has 0 radical (unpaired) electrons. The van der Waals surface area contributed by atoms with Crippen molar-refractivity contribution in [2.75, 3.05) is 20.3 Å². The van der Waals surface area contributed by atoms with Gasteiger partial charge in [0.25, 0.3) is 0 Å². The number of aryl methyl sites for hydroxylation is 1. The summed E-state index contributed by atoms with van der Waals surface area (Å²) in [5.74, 6) is 1.75. The first kappa shape index (κ1) is 17.9. The molecule has 0 aliphatic rings. The normalized spacial score (nSPS) is 12.6. The number of rotatable bonds is 8. The molecule has 25 heavy (non-hydrogen) atoms. The van der Waals surface area contributed by atoms with Crippen LogP contribution in [0.4, 0.5) is 0 Å². The topological polar surface area (TPSA) is 38.5 Å². The van der Waals surface area contributed by atoms with Gasteiger partial charge in [0, 0.05) is 31.6 Å². The van der Waals surface area contributed by atoms with E-state index in [0.29, 0.717) is 12.6 Å². The average molecular weight is 356 g/mol. The summed E-state index contributed by atoms with van der Waals surface area (Å²) in [7, 11) is 1.74. The van der Waals surface area contributed by atoms with Gasteiger partial charge in [0.1, 0.15) is 5.76 Å². The fourth-order valence-corrected chi connectivity index (χ4v) is 3.58. The van der Waals surface area contributed by atoms with Crippen LogP contribution in [0, 0.1) is 6.92 Å². The number of furan rings is 1. The van der Waals surface area contributed by atoms with Crippen LogP contribution in [0.5, 0.6) is 0 Å². The van der Waals surface area contributed by atoms with Gasteiger partial charge in [-0.1, -0.05) is 30.3 Å². The lowest BCUT2D eigenvalue weighted by molar-refractivity contribution is 0.119. The summed E-state index contributed by atoms with van der Waals surface area (Å²) < 4.78 is 11.0. The number of benzene rings is 1. The smallest absolute Gasteiger partial charge is 0.162 e. The molecule has 2 heterocycles. The molecular formula is C20H24N2O2S. The molecule has 1 aromatic carbocycles. The average Bonchev–Trinajstić information content (AvgIpc) is 3.27. The zero-order valence-corrected chi connectivity index (χ0v) is 15.8. The van der Waals surface area contributed by atoms with E-state index >= 15 is 0 Å². The molecule has 1 atom stereocenters. The minimum absolute atomic E-state index is 0.298. The van der Waals surface area contributed by atoms with Gasteiger partial charge in [-0.2, -0.15) is 0 Å². The van der Waals surface area contributed by atoms with Crippen molar-refractivity contribution in [3.63, 3.8) is 0 Å². The SMILES string of the molecule is COCCN(Cc1csc(-c2ccc(C)o2)n1)C(C)c1ccccc1. The van der Waals surface area contributed by atoms with Crippen LogP contribution in [0.2, 0.25) is 0 Å². The standard InChI is InChI=1S/C20H24N2O2S/c1-15-9-10-19(24-15)20-21-18(14-25-20)13-22(11-12-23-3)16(2)17-7-5-4-6-8-17/h4-10,14,16H,11-13H2,1-3H3. The Balaban J connectivity index is 1.75. The highest BCUT2D eigenvalue weighted by Crippen LogP contribution is 2.28. The van der Waals surface area contributed by atoms with Crippen molar-refractivity contribution >= 4 is 11.3 Å². The van der Waals surface area contributed by atoms with Crippen molar-refractivity contribution in [3.8, 4) is 10.8 Å². The van der Waals surface area contributed by atoms with Gasteiger partial charge >= 0.3 is 0 Å². The highest BCUT2D eigenvalue weighted by Gasteiger charge is 2.18. The second kappa shape index (κ2) is 8.43. The van der Waals surface area contributed by atoms with Gasteiger partial charge in [0.15, 0.2) is 10.8 Å². The van der Waals surface area contributed by atoms with Crippen molar-refractivity contribution < 1.29 is 9.15 Å². The van der Waals surface area contributed by atoms with Crippen LogP contribution in [0.25, 0.3) is 10.8 Å². The first-order valence-electron chi connectivity index (χ1n) is 8.46. The number of hydrogen-bond donors (Lipinski definition) is 0. The fourth-order valence-electron chi connectivity index (χ4n) is 2.81. The molecule has 0 spiro atoms. The van der Waals surface area contributed by atoms with Crippen LogP contribution in [-0.2, 0) is 11.3 Å². The monoisotopic (exact) mass is 356 g/mol. The lowest BCUT2D eigenvalue weighted by atomic mass is 10.1. The predicted octanol–water partition coefficient (Wildman–Crippen LogP) is 4.92. The van der Waals surface area contributed by atoms with E-state index in [1.807, 2.05) is 25.1 Å². The molecule has 0 saturated carbocycles. The molecule has 0 saturated heterocycles. The van der Waals surface area contributed by atoms with Crippen LogP contribution >= 0.6 is 11.3 Å². The van der Waals surface area contributed by atoms with Gasteiger partial charge in [0.05, 0.1) is 12.3 Å². The molecule has 4 nitrogen and oxygen atoms in total. The zero-order chi connectivity index (χ0) is 17.6. The van der Waals surface area contributed by atoms with E-state index in [9.17, 15) is 0 Å². The maximum Gasteiger partial charge on any atom is 0.162 e. The van der Waals surface area contributed by atoms with E-state index in [2.05, 4.69) is 41.5 Å². The molecule has 0 fully saturated rings. The van der Waals surface area contributed by atoms with Crippen molar-refractivity contribution in [2.24, 2.45) is 0 Å². The second-order valence-corrected chi connectivity index (χ2v) is 6.96. The van der Waals surface area contributed by atoms with Gasteiger partial charge < -0.3 is 9.15 Å². The summed E-state index contributed by atoms with van der Waals surface area (Å²) in [4.78, 5) is 7.15. The van der Waals surface area contributed by atoms with Crippen LogP contribution in [0.1, 0.15) is 30.0 Å². The summed E-state index contributed by atoms with van der Waals surface area (Å²) in [6.07, 6.45) is 0.